The van der Waals surface area contributed by atoms with E-state index < -0.39 is 0 Å². The van der Waals surface area contributed by atoms with Crippen LogP contribution < -0.4 is 5.32 Å². The van der Waals surface area contributed by atoms with Crippen molar-refractivity contribution < 1.29 is 4.79 Å². The number of likely N-dealkylation sites (N-methyl/N-ethyl adjacent to an activating group) is 1. The van der Waals surface area contributed by atoms with Gasteiger partial charge >= 0.3 is 0 Å². The highest BCUT2D eigenvalue weighted by Crippen LogP contribution is 2.30. The van der Waals surface area contributed by atoms with Gasteiger partial charge in [0, 0.05) is 49.6 Å². The summed E-state index contributed by atoms with van der Waals surface area (Å²) in [6.45, 7) is 9.37. The molecule has 1 aliphatic carbocycles. The predicted molar refractivity (Wildman–Crippen MR) is 102 cm³/mol. The summed E-state index contributed by atoms with van der Waals surface area (Å²) in [5, 5.41) is 2.94. The quantitative estimate of drug-likeness (QED) is 0.780. The van der Waals surface area contributed by atoms with E-state index in [1.165, 1.54) is 5.70 Å². The van der Waals surface area contributed by atoms with Gasteiger partial charge < -0.3 is 15.1 Å². The molecule has 3 aliphatic rings. The van der Waals surface area contributed by atoms with Crippen molar-refractivity contribution in [2.75, 3.05) is 45.5 Å². The highest BCUT2D eigenvalue weighted by molar-refractivity contribution is 8.04. The number of nitrogens with one attached hydrogen (secondary N) is 1. The molecule has 0 atom stereocenters. The van der Waals surface area contributed by atoms with E-state index in [2.05, 4.69) is 66.4 Å². The van der Waals surface area contributed by atoms with Crippen molar-refractivity contribution in [3.8, 4) is 0 Å². The van der Waals surface area contributed by atoms with Gasteiger partial charge in [0.25, 0.3) is 5.91 Å². The number of nitrogens with zero attached hydrogens (tertiary/aromatic N) is 2. The molecule has 0 unspecified atom stereocenters. The summed E-state index contributed by atoms with van der Waals surface area (Å²) in [4.78, 5) is 17.7. The fourth-order valence-corrected chi connectivity index (χ4v) is 3.86. The van der Waals surface area contributed by atoms with Gasteiger partial charge in [0.1, 0.15) is 0 Å². The number of hydrogen-bond acceptors (Lipinski definition) is 4. The molecule has 0 radical (unpaired) electrons. The first kappa shape index (κ1) is 17.4. The first-order valence-corrected chi connectivity index (χ1v) is 9.62. The largest absolute Gasteiger partial charge is 0.368 e. The molecule has 1 amide bonds. The maximum atomic E-state index is 12.1. The Balaban J connectivity index is 1.96. The van der Waals surface area contributed by atoms with Crippen LogP contribution in [0.4, 0.5) is 0 Å². The zero-order chi connectivity index (χ0) is 17.2. The van der Waals surface area contributed by atoms with Gasteiger partial charge in [-0.05, 0) is 24.8 Å². The lowest BCUT2D eigenvalue weighted by Gasteiger charge is -2.35. The molecule has 2 heterocycles. The van der Waals surface area contributed by atoms with Crippen LogP contribution in [0.15, 0.2) is 46.6 Å². The van der Waals surface area contributed by atoms with Crippen molar-refractivity contribution in [2.45, 2.75) is 13.8 Å². The molecule has 0 aromatic carbocycles. The van der Waals surface area contributed by atoms with Crippen molar-refractivity contribution in [1.82, 2.24) is 15.1 Å². The zero-order valence-corrected chi connectivity index (χ0v) is 15.7. The Morgan fingerprint density at radius 2 is 1.88 bits per heavy atom. The molecule has 5 heteroatoms. The van der Waals surface area contributed by atoms with E-state index in [0.717, 1.165) is 49.0 Å². The van der Waals surface area contributed by atoms with Crippen LogP contribution in [0, 0.1) is 5.41 Å². The molecule has 1 N–H and O–H groups in total. The molecule has 2 saturated heterocycles. The van der Waals surface area contributed by atoms with Crippen LogP contribution in [0.2, 0.25) is 0 Å². The molecule has 0 bridgehead atoms. The number of amides is 1. The fraction of sp³-hybridized carbons (Fsp3) is 0.526. The highest BCUT2D eigenvalue weighted by atomic mass is 32.2. The second kappa shape index (κ2) is 7.19. The Hall–Kier alpha value is -1.46. The van der Waals surface area contributed by atoms with E-state index >= 15 is 0 Å². The van der Waals surface area contributed by atoms with Crippen molar-refractivity contribution >= 4 is 17.7 Å². The van der Waals surface area contributed by atoms with E-state index in [1.54, 1.807) is 11.8 Å². The molecule has 24 heavy (non-hydrogen) atoms. The summed E-state index contributed by atoms with van der Waals surface area (Å²) in [7, 11) is 2.17. The molecule has 0 saturated carbocycles. The van der Waals surface area contributed by atoms with Crippen LogP contribution >= 0.6 is 11.8 Å². The first-order chi connectivity index (χ1) is 11.4. The summed E-state index contributed by atoms with van der Waals surface area (Å²) in [5.74, 6) is 0.997. The lowest BCUT2D eigenvalue weighted by Crippen LogP contribution is -2.43. The van der Waals surface area contributed by atoms with Gasteiger partial charge in [-0.3, -0.25) is 4.79 Å². The van der Waals surface area contributed by atoms with E-state index in [0.29, 0.717) is 0 Å². The predicted octanol–water partition coefficient (Wildman–Crippen LogP) is 2.39. The van der Waals surface area contributed by atoms with E-state index in [1.807, 2.05) is 0 Å². The maximum absolute atomic E-state index is 12.1. The molecule has 0 aromatic heterocycles. The van der Waals surface area contributed by atoms with Gasteiger partial charge in [0.15, 0.2) is 0 Å². The molecule has 0 spiro atoms. The minimum Gasteiger partial charge on any atom is -0.368 e. The fourth-order valence-electron chi connectivity index (χ4n) is 3.02. The third-order valence-electron chi connectivity index (χ3n) is 4.66. The van der Waals surface area contributed by atoms with Crippen molar-refractivity contribution in [3.63, 3.8) is 0 Å². The summed E-state index contributed by atoms with van der Waals surface area (Å²) in [6, 6.07) is 0. The minimum atomic E-state index is 0.0278. The van der Waals surface area contributed by atoms with Gasteiger partial charge in [-0.1, -0.05) is 32.1 Å². The SMILES string of the molecule is CN1CCN(C2=C(/C=C3\SCCNC3=O)C=CC(C)(C)C=C2)CC1. The van der Waals surface area contributed by atoms with Gasteiger partial charge in [-0.15, -0.1) is 11.8 Å². The van der Waals surface area contributed by atoms with E-state index in [4.69, 9.17) is 0 Å². The number of hydrogen-bond donors (Lipinski definition) is 1. The van der Waals surface area contributed by atoms with Crippen LogP contribution in [0.5, 0.6) is 0 Å². The summed E-state index contributed by atoms with van der Waals surface area (Å²) >= 11 is 1.65. The third-order valence-corrected chi connectivity index (χ3v) is 5.68. The first-order valence-electron chi connectivity index (χ1n) is 8.63. The number of piperazine rings is 1. The number of allylic oxidation sites excluding steroid dienone is 6. The normalized spacial score (nSPS) is 26.7. The van der Waals surface area contributed by atoms with Gasteiger partial charge in [-0.2, -0.15) is 0 Å². The van der Waals surface area contributed by atoms with Gasteiger partial charge in [0.05, 0.1) is 4.91 Å². The van der Waals surface area contributed by atoms with Crippen LogP contribution in [0.3, 0.4) is 0 Å². The standard InChI is InChI=1S/C19H27N3OS/c1-19(2)6-4-15(14-17-18(23)20-8-13-24-17)16(5-7-19)22-11-9-21(3)10-12-22/h4-7,14H,8-13H2,1-3H3,(H,20,23)/b17-14-. The van der Waals surface area contributed by atoms with Gasteiger partial charge in [-0.25, -0.2) is 0 Å². The van der Waals surface area contributed by atoms with Crippen LogP contribution in [0.25, 0.3) is 0 Å². The number of carbonyl (C=O) groups is 1. The van der Waals surface area contributed by atoms with E-state index in [-0.39, 0.29) is 11.3 Å². The zero-order valence-electron chi connectivity index (χ0n) is 14.8. The average Bonchev–Trinajstić information content (AvgIpc) is 2.70. The molecule has 2 fully saturated rings. The minimum absolute atomic E-state index is 0.0278. The smallest absolute Gasteiger partial charge is 0.257 e. The van der Waals surface area contributed by atoms with Crippen LogP contribution in [-0.4, -0.2) is 61.2 Å². The second-order valence-corrected chi connectivity index (χ2v) is 8.37. The van der Waals surface area contributed by atoms with Crippen molar-refractivity contribution in [2.24, 2.45) is 5.41 Å². The van der Waals surface area contributed by atoms with Crippen molar-refractivity contribution in [1.29, 1.82) is 0 Å². The Morgan fingerprint density at radius 3 is 2.58 bits per heavy atom. The Kier molecular flexibility index (Phi) is 5.21. The van der Waals surface area contributed by atoms with Crippen LogP contribution in [0.1, 0.15) is 13.8 Å². The second-order valence-electron chi connectivity index (χ2n) is 7.23. The molecule has 0 aromatic rings. The molecular weight excluding hydrogens is 318 g/mol. The number of rotatable bonds is 2. The lowest BCUT2D eigenvalue weighted by molar-refractivity contribution is -0.116. The third kappa shape index (κ3) is 4.14. The molecule has 2 aliphatic heterocycles. The number of thioether (sulfide) groups is 1. The molecule has 4 nitrogen and oxygen atoms in total. The summed E-state index contributed by atoms with van der Waals surface area (Å²) < 4.78 is 0. The molecular formula is C19H27N3OS. The summed E-state index contributed by atoms with van der Waals surface area (Å²) in [5.41, 5.74) is 2.40. The number of carbonyl (C=O) groups excluding carboxylic acids is 1. The van der Waals surface area contributed by atoms with Gasteiger partial charge in [0.2, 0.25) is 0 Å². The highest BCUT2D eigenvalue weighted by Gasteiger charge is 2.22. The lowest BCUT2D eigenvalue weighted by atomic mass is 9.93. The van der Waals surface area contributed by atoms with Crippen LogP contribution in [-0.2, 0) is 4.79 Å². The monoisotopic (exact) mass is 345 g/mol. The average molecular weight is 346 g/mol. The topological polar surface area (TPSA) is 35.6 Å². The van der Waals surface area contributed by atoms with E-state index in [9.17, 15) is 4.79 Å². The summed E-state index contributed by atoms with van der Waals surface area (Å²) in [6.07, 6.45) is 11.0. The maximum Gasteiger partial charge on any atom is 0.257 e. The Labute approximate surface area is 149 Å². The Morgan fingerprint density at radius 1 is 1.17 bits per heavy atom. The Bertz CT molecular complexity index is 623. The molecule has 130 valence electrons. The van der Waals surface area contributed by atoms with Crippen molar-refractivity contribution in [3.05, 3.63) is 46.6 Å². The molecule has 3 rings (SSSR count).